The minimum atomic E-state index is -0.218. The van der Waals surface area contributed by atoms with Crippen molar-refractivity contribution >= 4 is 5.91 Å². The van der Waals surface area contributed by atoms with Crippen LogP contribution in [0.3, 0.4) is 0 Å². The second kappa shape index (κ2) is 8.39. The fraction of sp³-hybridized carbons (Fsp3) is 0.389. The number of hydrogen-bond donors (Lipinski definition) is 1. The molecule has 0 aliphatic rings. The van der Waals surface area contributed by atoms with Gasteiger partial charge in [-0.3, -0.25) is 4.79 Å². The van der Waals surface area contributed by atoms with E-state index < -0.39 is 0 Å². The Bertz CT molecular complexity index is 590. The van der Waals surface area contributed by atoms with Crippen molar-refractivity contribution in [3.8, 4) is 5.75 Å². The summed E-state index contributed by atoms with van der Waals surface area (Å²) in [5.41, 5.74) is 0.579. The van der Waals surface area contributed by atoms with E-state index in [4.69, 9.17) is 13.9 Å². The summed E-state index contributed by atoms with van der Waals surface area (Å²) in [6.07, 6.45) is 2.34. The van der Waals surface area contributed by atoms with Crippen LogP contribution in [0.25, 0.3) is 0 Å². The molecule has 0 aliphatic carbocycles. The number of rotatable bonds is 8. The molecule has 2 aromatic rings. The zero-order chi connectivity index (χ0) is 16.7. The highest BCUT2D eigenvalue weighted by Gasteiger charge is 2.18. The highest BCUT2D eigenvalue weighted by molar-refractivity contribution is 5.94. The van der Waals surface area contributed by atoms with Crippen LogP contribution in [0.1, 0.15) is 42.4 Å². The molecule has 1 N–H and O–H groups in total. The average molecular weight is 317 g/mol. The normalized spacial score (nSPS) is 12.2. The van der Waals surface area contributed by atoms with E-state index >= 15 is 0 Å². The summed E-state index contributed by atoms with van der Waals surface area (Å²) in [6.45, 7) is 4.46. The van der Waals surface area contributed by atoms with Gasteiger partial charge in [0.1, 0.15) is 11.5 Å². The lowest BCUT2D eigenvalue weighted by molar-refractivity contribution is 0.0917. The Kier molecular flexibility index (Phi) is 6.23. The summed E-state index contributed by atoms with van der Waals surface area (Å²) in [4.78, 5) is 12.4. The number of nitrogens with one attached hydrogen (secondary N) is 1. The Balaban J connectivity index is 2.03. The number of hydrogen-bond acceptors (Lipinski definition) is 4. The van der Waals surface area contributed by atoms with Crippen LogP contribution < -0.4 is 10.1 Å². The summed E-state index contributed by atoms with van der Waals surface area (Å²) in [5, 5.41) is 2.98. The standard InChI is InChI=1S/C18H23NO4/c1-13(2)23-15-8-6-14(7-9-15)18(20)19-16(10-12-21-3)17-5-4-11-22-17/h4-9,11,13,16H,10,12H2,1-3H3,(H,19,20). The van der Waals surface area contributed by atoms with Crippen molar-refractivity contribution in [3.05, 3.63) is 54.0 Å². The molecule has 1 atom stereocenters. The van der Waals surface area contributed by atoms with Gasteiger partial charge < -0.3 is 19.2 Å². The van der Waals surface area contributed by atoms with Crippen molar-refractivity contribution in [1.82, 2.24) is 5.32 Å². The number of amides is 1. The molecule has 0 spiro atoms. The van der Waals surface area contributed by atoms with Crippen molar-refractivity contribution in [2.45, 2.75) is 32.4 Å². The maximum absolute atomic E-state index is 12.4. The van der Waals surface area contributed by atoms with E-state index in [2.05, 4.69) is 5.32 Å². The minimum absolute atomic E-state index is 0.104. The highest BCUT2D eigenvalue weighted by Crippen LogP contribution is 2.19. The van der Waals surface area contributed by atoms with Crippen LogP contribution in [0.5, 0.6) is 5.75 Å². The van der Waals surface area contributed by atoms with Gasteiger partial charge in [-0.05, 0) is 56.7 Å². The largest absolute Gasteiger partial charge is 0.491 e. The SMILES string of the molecule is COCCC(NC(=O)c1ccc(OC(C)C)cc1)c1ccco1. The van der Waals surface area contributed by atoms with Gasteiger partial charge in [-0.2, -0.15) is 0 Å². The third kappa shape index (κ3) is 5.14. The second-order valence-corrected chi connectivity index (χ2v) is 5.51. The van der Waals surface area contributed by atoms with Crippen LogP contribution >= 0.6 is 0 Å². The topological polar surface area (TPSA) is 60.7 Å². The van der Waals surface area contributed by atoms with Gasteiger partial charge in [-0.25, -0.2) is 0 Å². The van der Waals surface area contributed by atoms with E-state index in [9.17, 15) is 4.79 Å². The molecule has 0 aliphatic heterocycles. The molecule has 2 rings (SSSR count). The molecule has 0 fully saturated rings. The minimum Gasteiger partial charge on any atom is -0.491 e. The number of ether oxygens (including phenoxy) is 2. The molecule has 1 amide bonds. The van der Waals surface area contributed by atoms with Crippen LogP contribution in [0, 0.1) is 0 Å². The molecule has 5 heteroatoms. The van der Waals surface area contributed by atoms with Crippen LogP contribution in [-0.4, -0.2) is 25.7 Å². The fourth-order valence-electron chi connectivity index (χ4n) is 2.21. The van der Waals surface area contributed by atoms with Crippen LogP contribution in [0.2, 0.25) is 0 Å². The Morgan fingerprint density at radius 1 is 1.22 bits per heavy atom. The van der Waals surface area contributed by atoms with Gasteiger partial charge >= 0.3 is 0 Å². The van der Waals surface area contributed by atoms with E-state index in [1.807, 2.05) is 19.9 Å². The van der Waals surface area contributed by atoms with Crippen molar-refractivity contribution in [1.29, 1.82) is 0 Å². The summed E-state index contributed by atoms with van der Waals surface area (Å²) in [5.74, 6) is 1.31. The molecule has 1 heterocycles. The molecule has 0 bridgehead atoms. The Hall–Kier alpha value is -2.27. The third-order valence-corrected chi connectivity index (χ3v) is 3.29. The summed E-state index contributed by atoms with van der Waals surface area (Å²) >= 11 is 0. The number of carbonyl (C=O) groups is 1. The van der Waals surface area contributed by atoms with Crippen molar-refractivity contribution in [2.75, 3.05) is 13.7 Å². The van der Waals surface area contributed by atoms with Gasteiger partial charge in [0.15, 0.2) is 0 Å². The van der Waals surface area contributed by atoms with Gasteiger partial charge in [0, 0.05) is 19.3 Å². The van der Waals surface area contributed by atoms with E-state index in [1.165, 1.54) is 0 Å². The quantitative estimate of drug-likeness (QED) is 0.808. The fourth-order valence-corrected chi connectivity index (χ4v) is 2.21. The first-order chi connectivity index (χ1) is 11.1. The Morgan fingerprint density at radius 3 is 2.52 bits per heavy atom. The molecule has 1 aromatic carbocycles. The van der Waals surface area contributed by atoms with Crippen LogP contribution in [0.4, 0.5) is 0 Å². The van der Waals surface area contributed by atoms with E-state index in [1.54, 1.807) is 43.7 Å². The predicted octanol–water partition coefficient (Wildman–Crippen LogP) is 3.57. The van der Waals surface area contributed by atoms with Crippen molar-refractivity contribution in [2.24, 2.45) is 0 Å². The third-order valence-electron chi connectivity index (χ3n) is 3.29. The highest BCUT2D eigenvalue weighted by atomic mass is 16.5. The molecule has 0 saturated heterocycles. The average Bonchev–Trinajstić information content (AvgIpc) is 3.05. The van der Waals surface area contributed by atoms with E-state index in [-0.39, 0.29) is 18.1 Å². The number of furan rings is 1. The van der Waals surface area contributed by atoms with Gasteiger partial charge in [0.05, 0.1) is 18.4 Å². The first-order valence-electron chi connectivity index (χ1n) is 7.70. The maximum atomic E-state index is 12.4. The lowest BCUT2D eigenvalue weighted by atomic mass is 10.1. The smallest absolute Gasteiger partial charge is 0.251 e. The Morgan fingerprint density at radius 2 is 1.96 bits per heavy atom. The molecule has 1 aromatic heterocycles. The lowest BCUT2D eigenvalue weighted by Gasteiger charge is -2.16. The first kappa shape index (κ1) is 17.1. The molecule has 0 radical (unpaired) electrons. The van der Waals surface area contributed by atoms with Crippen LogP contribution in [0.15, 0.2) is 47.1 Å². The number of carbonyl (C=O) groups excluding carboxylic acids is 1. The molecular weight excluding hydrogens is 294 g/mol. The summed E-state index contributed by atoms with van der Waals surface area (Å²) in [6, 6.07) is 10.5. The van der Waals surface area contributed by atoms with Gasteiger partial charge in [-0.1, -0.05) is 0 Å². The molecule has 1 unspecified atom stereocenters. The van der Waals surface area contributed by atoms with Gasteiger partial charge in [-0.15, -0.1) is 0 Å². The van der Waals surface area contributed by atoms with Crippen LogP contribution in [-0.2, 0) is 4.74 Å². The zero-order valence-corrected chi connectivity index (χ0v) is 13.7. The lowest BCUT2D eigenvalue weighted by Crippen LogP contribution is -2.29. The van der Waals surface area contributed by atoms with Crippen molar-refractivity contribution < 1.29 is 18.7 Å². The first-order valence-corrected chi connectivity index (χ1v) is 7.70. The molecule has 5 nitrogen and oxygen atoms in total. The van der Waals surface area contributed by atoms with E-state index in [0.29, 0.717) is 18.6 Å². The van der Waals surface area contributed by atoms with Crippen molar-refractivity contribution in [3.63, 3.8) is 0 Å². The van der Waals surface area contributed by atoms with Gasteiger partial charge in [0.25, 0.3) is 5.91 Å². The second-order valence-electron chi connectivity index (χ2n) is 5.51. The summed E-state index contributed by atoms with van der Waals surface area (Å²) in [7, 11) is 1.63. The molecular formula is C18H23NO4. The molecule has 0 saturated carbocycles. The van der Waals surface area contributed by atoms with E-state index in [0.717, 1.165) is 11.5 Å². The number of benzene rings is 1. The maximum Gasteiger partial charge on any atom is 0.251 e. The predicted molar refractivity (Wildman–Crippen MR) is 87.6 cm³/mol. The zero-order valence-electron chi connectivity index (χ0n) is 13.7. The van der Waals surface area contributed by atoms with Gasteiger partial charge in [0.2, 0.25) is 0 Å². The number of methoxy groups -OCH3 is 1. The molecule has 23 heavy (non-hydrogen) atoms. The molecule has 124 valence electrons. The summed E-state index contributed by atoms with van der Waals surface area (Å²) < 4.78 is 16.1. The monoisotopic (exact) mass is 317 g/mol. The Labute approximate surface area is 136 Å².